The SMILES string of the molecule is c1ccc(CN2CCN(Cc3nnc4n3CCCCC4)CC2)cc1. The lowest BCUT2D eigenvalue weighted by atomic mass is 10.2. The lowest BCUT2D eigenvalue weighted by Gasteiger charge is -2.34. The highest BCUT2D eigenvalue weighted by Gasteiger charge is 2.21. The van der Waals surface area contributed by atoms with E-state index in [0.29, 0.717) is 0 Å². The maximum absolute atomic E-state index is 4.48. The predicted octanol–water partition coefficient (Wildman–Crippen LogP) is 2.32. The summed E-state index contributed by atoms with van der Waals surface area (Å²) in [5.74, 6) is 2.37. The van der Waals surface area contributed by atoms with E-state index in [1.807, 2.05) is 0 Å². The fourth-order valence-corrected chi connectivity index (χ4v) is 3.81. The molecule has 0 radical (unpaired) electrons. The molecule has 0 atom stereocenters. The molecular weight excluding hydrogens is 298 g/mol. The van der Waals surface area contributed by atoms with Gasteiger partial charge in [0.2, 0.25) is 0 Å². The van der Waals surface area contributed by atoms with Gasteiger partial charge in [0.25, 0.3) is 0 Å². The van der Waals surface area contributed by atoms with Gasteiger partial charge < -0.3 is 4.57 Å². The normalized spacial score (nSPS) is 19.8. The summed E-state index contributed by atoms with van der Waals surface area (Å²) in [6, 6.07) is 10.8. The van der Waals surface area contributed by atoms with E-state index in [1.165, 1.54) is 36.5 Å². The number of hydrogen-bond acceptors (Lipinski definition) is 4. The molecule has 0 spiro atoms. The number of nitrogens with zero attached hydrogens (tertiary/aromatic N) is 5. The number of fused-ring (bicyclic) bond motifs is 1. The van der Waals surface area contributed by atoms with Crippen molar-refractivity contribution in [1.82, 2.24) is 24.6 Å². The topological polar surface area (TPSA) is 37.2 Å². The summed E-state index contributed by atoms with van der Waals surface area (Å²) < 4.78 is 2.38. The second kappa shape index (κ2) is 7.45. The third-order valence-electron chi connectivity index (χ3n) is 5.27. The van der Waals surface area contributed by atoms with E-state index in [4.69, 9.17) is 0 Å². The van der Waals surface area contributed by atoms with Crippen LogP contribution in [0.2, 0.25) is 0 Å². The second-order valence-electron chi connectivity index (χ2n) is 7.03. The molecule has 1 aromatic carbocycles. The molecule has 5 heteroatoms. The zero-order valence-corrected chi connectivity index (χ0v) is 14.4. The second-order valence-corrected chi connectivity index (χ2v) is 7.03. The van der Waals surface area contributed by atoms with Crippen molar-refractivity contribution in [1.29, 1.82) is 0 Å². The van der Waals surface area contributed by atoms with Crippen molar-refractivity contribution in [2.45, 2.75) is 45.3 Å². The first kappa shape index (κ1) is 15.8. The molecule has 5 nitrogen and oxygen atoms in total. The minimum Gasteiger partial charge on any atom is -0.314 e. The van der Waals surface area contributed by atoms with Crippen LogP contribution in [0.25, 0.3) is 0 Å². The monoisotopic (exact) mass is 325 g/mol. The number of hydrogen-bond donors (Lipinski definition) is 0. The highest BCUT2D eigenvalue weighted by Crippen LogP contribution is 2.16. The predicted molar refractivity (Wildman–Crippen MR) is 94.6 cm³/mol. The summed E-state index contributed by atoms with van der Waals surface area (Å²) in [6.45, 7) is 7.63. The number of rotatable bonds is 4. The first-order valence-corrected chi connectivity index (χ1v) is 9.28. The van der Waals surface area contributed by atoms with Crippen molar-refractivity contribution >= 4 is 0 Å². The van der Waals surface area contributed by atoms with Gasteiger partial charge in [0.05, 0.1) is 6.54 Å². The fourth-order valence-electron chi connectivity index (χ4n) is 3.81. The third-order valence-corrected chi connectivity index (χ3v) is 5.27. The zero-order valence-electron chi connectivity index (χ0n) is 14.4. The number of benzene rings is 1. The summed E-state index contributed by atoms with van der Waals surface area (Å²) in [7, 11) is 0. The van der Waals surface area contributed by atoms with Crippen LogP contribution in [0.3, 0.4) is 0 Å². The van der Waals surface area contributed by atoms with Crippen molar-refractivity contribution in [3.63, 3.8) is 0 Å². The molecule has 1 saturated heterocycles. The van der Waals surface area contributed by atoms with E-state index in [2.05, 4.69) is 54.9 Å². The highest BCUT2D eigenvalue weighted by atomic mass is 15.3. The lowest BCUT2D eigenvalue weighted by Crippen LogP contribution is -2.45. The molecule has 1 aromatic heterocycles. The smallest absolute Gasteiger partial charge is 0.147 e. The molecule has 4 rings (SSSR count). The quantitative estimate of drug-likeness (QED) is 0.864. The van der Waals surface area contributed by atoms with Crippen molar-refractivity contribution in [3.05, 3.63) is 47.5 Å². The molecule has 24 heavy (non-hydrogen) atoms. The average molecular weight is 325 g/mol. The Bertz CT molecular complexity index is 643. The van der Waals surface area contributed by atoms with Crippen molar-refractivity contribution in [2.75, 3.05) is 26.2 Å². The van der Waals surface area contributed by atoms with Crippen LogP contribution in [0.1, 0.15) is 36.5 Å². The van der Waals surface area contributed by atoms with E-state index in [-0.39, 0.29) is 0 Å². The summed E-state index contributed by atoms with van der Waals surface area (Å²) in [4.78, 5) is 5.08. The molecule has 2 aromatic rings. The average Bonchev–Trinajstić information content (AvgIpc) is 2.84. The number of aromatic nitrogens is 3. The van der Waals surface area contributed by atoms with Crippen LogP contribution in [-0.2, 0) is 26.1 Å². The summed E-state index contributed by atoms with van der Waals surface area (Å²) in [6.07, 6.45) is 4.94. The molecule has 0 bridgehead atoms. The van der Waals surface area contributed by atoms with Gasteiger partial charge in [0, 0.05) is 45.7 Å². The van der Waals surface area contributed by atoms with Crippen LogP contribution in [0.5, 0.6) is 0 Å². The molecule has 128 valence electrons. The van der Waals surface area contributed by atoms with Crippen LogP contribution >= 0.6 is 0 Å². The van der Waals surface area contributed by atoms with E-state index in [1.54, 1.807) is 0 Å². The van der Waals surface area contributed by atoms with Crippen LogP contribution in [0.4, 0.5) is 0 Å². The van der Waals surface area contributed by atoms with Gasteiger partial charge in [-0.25, -0.2) is 0 Å². The standard InChI is InChI=1S/C19H27N5/c1-3-7-17(8-4-1)15-22-11-13-23(14-12-22)16-19-21-20-18-9-5-2-6-10-24(18)19/h1,3-4,7-8H,2,5-6,9-16H2. The minimum atomic E-state index is 0.951. The Morgan fingerprint density at radius 1 is 0.750 bits per heavy atom. The maximum Gasteiger partial charge on any atom is 0.147 e. The van der Waals surface area contributed by atoms with Crippen LogP contribution in [0, 0.1) is 0 Å². The summed E-state index contributed by atoms with van der Waals surface area (Å²) in [5, 5.41) is 8.91. The van der Waals surface area contributed by atoms with Crippen LogP contribution in [0.15, 0.2) is 30.3 Å². The Morgan fingerprint density at radius 3 is 2.29 bits per heavy atom. The van der Waals surface area contributed by atoms with Gasteiger partial charge in [-0.15, -0.1) is 10.2 Å². The van der Waals surface area contributed by atoms with Gasteiger partial charge >= 0.3 is 0 Å². The first-order valence-electron chi connectivity index (χ1n) is 9.28. The van der Waals surface area contributed by atoms with Crippen molar-refractivity contribution in [3.8, 4) is 0 Å². The summed E-state index contributed by atoms with van der Waals surface area (Å²) in [5.41, 5.74) is 1.41. The van der Waals surface area contributed by atoms with Gasteiger partial charge in [-0.1, -0.05) is 36.8 Å². The van der Waals surface area contributed by atoms with Crippen molar-refractivity contribution < 1.29 is 0 Å². The molecule has 3 heterocycles. The van der Waals surface area contributed by atoms with Crippen LogP contribution in [-0.4, -0.2) is 50.7 Å². The minimum absolute atomic E-state index is 0.951. The van der Waals surface area contributed by atoms with Gasteiger partial charge in [0.1, 0.15) is 11.6 Å². The largest absolute Gasteiger partial charge is 0.314 e. The molecule has 0 unspecified atom stereocenters. The molecule has 0 N–H and O–H groups in total. The lowest BCUT2D eigenvalue weighted by molar-refractivity contribution is 0.118. The van der Waals surface area contributed by atoms with Gasteiger partial charge in [0.15, 0.2) is 0 Å². The Kier molecular flexibility index (Phi) is 4.90. The van der Waals surface area contributed by atoms with Gasteiger partial charge in [-0.3, -0.25) is 9.80 Å². The molecular formula is C19H27N5. The van der Waals surface area contributed by atoms with E-state index < -0.39 is 0 Å². The Hall–Kier alpha value is -1.72. The van der Waals surface area contributed by atoms with E-state index in [0.717, 1.165) is 52.2 Å². The van der Waals surface area contributed by atoms with Gasteiger partial charge in [-0.05, 0) is 18.4 Å². The molecule has 0 saturated carbocycles. The van der Waals surface area contributed by atoms with Crippen molar-refractivity contribution in [2.24, 2.45) is 0 Å². The molecule has 2 aliphatic rings. The van der Waals surface area contributed by atoms with E-state index >= 15 is 0 Å². The molecule has 0 aliphatic carbocycles. The fraction of sp³-hybridized carbons (Fsp3) is 0.579. The Morgan fingerprint density at radius 2 is 1.50 bits per heavy atom. The molecule has 0 amide bonds. The van der Waals surface area contributed by atoms with Gasteiger partial charge in [-0.2, -0.15) is 0 Å². The maximum atomic E-state index is 4.48. The highest BCUT2D eigenvalue weighted by molar-refractivity contribution is 5.14. The first-order chi connectivity index (χ1) is 11.9. The Labute approximate surface area is 144 Å². The third kappa shape index (κ3) is 3.68. The Balaban J connectivity index is 1.31. The number of piperazine rings is 1. The molecule has 1 fully saturated rings. The number of aryl methyl sites for hydroxylation is 1. The van der Waals surface area contributed by atoms with Crippen LogP contribution < -0.4 is 0 Å². The molecule has 2 aliphatic heterocycles. The summed E-state index contributed by atoms with van der Waals surface area (Å²) >= 11 is 0. The zero-order chi connectivity index (χ0) is 16.2. The van der Waals surface area contributed by atoms with E-state index in [9.17, 15) is 0 Å².